The average Bonchev–Trinajstić information content (AvgIpc) is 3.37. The number of ether oxygens (including phenoxy) is 1. The second-order valence-corrected chi connectivity index (χ2v) is 6.77. The summed E-state index contributed by atoms with van der Waals surface area (Å²) in [4.78, 5) is 7.54. The molecule has 0 unspecified atom stereocenters. The lowest BCUT2D eigenvalue weighted by Crippen LogP contribution is -2.07. The maximum absolute atomic E-state index is 12.4. The lowest BCUT2D eigenvalue weighted by atomic mass is 10.1. The lowest BCUT2D eigenvalue weighted by molar-refractivity contribution is -0.0498. The van der Waals surface area contributed by atoms with Crippen LogP contribution in [0.2, 0.25) is 0 Å². The molecule has 10 heteroatoms. The molecule has 158 valence electrons. The fourth-order valence-electron chi connectivity index (χ4n) is 3.21. The molecular formula is C21H19F2N7O. The number of aromatic amines is 1. The van der Waals surface area contributed by atoms with Crippen molar-refractivity contribution in [1.82, 2.24) is 25.1 Å². The molecular weight excluding hydrogens is 404 g/mol. The predicted octanol–water partition coefficient (Wildman–Crippen LogP) is 4.68. The van der Waals surface area contributed by atoms with Crippen LogP contribution in [0.15, 0.2) is 66.4 Å². The SMILES string of the molecule is Cn1cc(-c2cnc3[nH]cc(/C(=C/NCc4cccc(OC(F)F)c4)N=N)c3c2)cn1. The molecule has 0 amide bonds. The Bertz CT molecular complexity index is 1250. The monoisotopic (exact) mass is 423 g/mol. The average molecular weight is 423 g/mol. The molecule has 3 N–H and O–H groups in total. The van der Waals surface area contributed by atoms with Gasteiger partial charge in [-0.1, -0.05) is 12.1 Å². The maximum Gasteiger partial charge on any atom is 0.387 e. The Hall–Kier alpha value is -4.08. The van der Waals surface area contributed by atoms with E-state index in [1.165, 1.54) is 12.1 Å². The van der Waals surface area contributed by atoms with Crippen LogP contribution in [0, 0.1) is 5.53 Å². The summed E-state index contributed by atoms with van der Waals surface area (Å²) >= 11 is 0. The van der Waals surface area contributed by atoms with Crippen molar-refractivity contribution in [2.75, 3.05) is 0 Å². The molecule has 0 atom stereocenters. The molecule has 4 aromatic rings. The maximum atomic E-state index is 12.4. The molecule has 3 heterocycles. The Morgan fingerprint density at radius 3 is 2.94 bits per heavy atom. The van der Waals surface area contributed by atoms with Crippen LogP contribution in [-0.4, -0.2) is 26.4 Å². The van der Waals surface area contributed by atoms with Gasteiger partial charge in [0.05, 0.1) is 6.20 Å². The van der Waals surface area contributed by atoms with Crippen molar-refractivity contribution in [3.63, 3.8) is 0 Å². The van der Waals surface area contributed by atoms with E-state index in [0.717, 1.165) is 22.1 Å². The highest BCUT2D eigenvalue weighted by molar-refractivity contribution is 5.92. The van der Waals surface area contributed by atoms with Gasteiger partial charge in [0.1, 0.15) is 17.1 Å². The highest BCUT2D eigenvalue weighted by Gasteiger charge is 2.12. The normalized spacial score (nSPS) is 11.8. The number of fused-ring (bicyclic) bond motifs is 1. The van der Waals surface area contributed by atoms with Crippen LogP contribution in [0.4, 0.5) is 8.78 Å². The zero-order valence-electron chi connectivity index (χ0n) is 16.5. The third-order valence-electron chi connectivity index (χ3n) is 4.63. The summed E-state index contributed by atoms with van der Waals surface area (Å²) in [5.41, 5.74) is 12.0. The van der Waals surface area contributed by atoms with Gasteiger partial charge in [-0.25, -0.2) is 10.5 Å². The molecule has 0 radical (unpaired) electrons. The van der Waals surface area contributed by atoms with Crippen LogP contribution in [0.25, 0.3) is 27.9 Å². The minimum atomic E-state index is -2.87. The molecule has 0 aliphatic carbocycles. The third-order valence-corrected chi connectivity index (χ3v) is 4.63. The molecule has 0 spiro atoms. The van der Waals surface area contributed by atoms with Gasteiger partial charge in [0.2, 0.25) is 0 Å². The summed E-state index contributed by atoms with van der Waals surface area (Å²) in [7, 11) is 1.85. The smallest absolute Gasteiger partial charge is 0.387 e. The molecule has 0 saturated heterocycles. The summed E-state index contributed by atoms with van der Waals surface area (Å²) < 4.78 is 30.9. The van der Waals surface area contributed by atoms with Crippen molar-refractivity contribution in [2.45, 2.75) is 13.2 Å². The Morgan fingerprint density at radius 1 is 1.32 bits per heavy atom. The molecule has 0 aliphatic rings. The highest BCUT2D eigenvalue weighted by Crippen LogP contribution is 2.28. The fraction of sp³-hybridized carbons (Fsp3) is 0.143. The van der Waals surface area contributed by atoms with E-state index in [1.54, 1.807) is 41.6 Å². The summed E-state index contributed by atoms with van der Waals surface area (Å²) in [5.74, 6) is 0.0920. The lowest BCUT2D eigenvalue weighted by Gasteiger charge is -2.07. The van der Waals surface area contributed by atoms with Crippen LogP contribution in [0.3, 0.4) is 0 Å². The van der Waals surface area contributed by atoms with Crippen LogP contribution in [0.5, 0.6) is 5.75 Å². The fourth-order valence-corrected chi connectivity index (χ4v) is 3.21. The van der Waals surface area contributed by atoms with Crippen molar-refractivity contribution in [1.29, 1.82) is 5.53 Å². The van der Waals surface area contributed by atoms with Crippen molar-refractivity contribution >= 4 is 16.7 Å². The third kappa shape index (κ3) is 4.58. The van der Waals surface area contributed by atoms with E-state index in [2.05, 4.69) is 30.2 Å². The van der Waals surface area contributed by atoms with Crippen molar-refractivity contribution in [2.24, 2.45) is 12.2 Å². The Labute approximate surface area is 176 Å². The number of nitrogens with zero attached hydrogens (tertiary/aromatic N) is 4. The number of hydrogen-bond acceptors (Lipinski definition) is 6. The summed E-state index contributed by atoms with van der Waals surface area (Å²) in [5, 5.41) is 11.7. The van der Waals surface area contributed by atoms with E-state index in [4.69, 9.17) is 5.53 Å². The van der Waals surface area contributed by atoms with E-state index in [0.29, 0.717) is 23.5 Å². The van der Waals surface area contributed by atoms with E-state index in [9.17, 15) is 8.78 Å². The summed E-state index contributed by atoms with van der Waals surface area (Å²) in [6.45, 7) is -2.52. The number of alkyl halides is 2. The van der Waals surface area contributed by atoms with Crippen molar-refractivity contribution in [3.05, 3.63) is 72.4 Å². The van der Waals surface area contributed by atoms with Crippen LogP contribution >= 0.6 is 0 Å². The van der Waals surface area contributed by atoms with Gasteiger partial charge in [-0.2, -0.15) is 19.0 Å². The van der Waals surface area contributed by atoms with E-state index in [-0.39, 0.29) is 5.75 Å². The van der Waals surface area contributed by atoms with Crippen LogP contribution in [-0.2, 0) is 13.6 Å². The number of halogens is 2. The van der Waals surface area contributed by atoms with Crippen LogP contribution in [0.1, 0.15) is 11.1 Å². The topological polar surface area (TPSA) is 104 Å². The van der Waals surface area contributed by atoms with Gasteiger partial charge in [-0.15, -0.1) is 0 Å². The van der Waals surface area contributed by atoms with E-state index >= 15 is 0 Å². The van der Waals surface area contributed by atoms with Gasteiger partial charge in [0.25, 0.3) is 0 Å². The minimum absolute atomic E-state index is 0.0920. The number of aryl methyl sites for hydroxylation is 1. The second-order valence-electron chi connectivity index (χ2n) is 6.77. The van der Waals surface area contributed by atoms with E-state index in [1.807, 2.05) is 19.3 Å². The first-order valence-electron chi connectivity index (χ1n) is 9.35. The largest absolute Gasteiger partial charge is 0.435 e. The first-order chi connectivity index (χ1) is 15.0. The van der Waals surface area contributed by atoms with Crippen LogP contribution < -0.4 is 10.1 Å². The number of rotatable bonds is 8. The van der Waals surface area contributed by atoms with Gasteiger partial charge in [-0.3, -0.25) is 4.68 Å². The van der Waals surface area contributed by atoms with Crippen molar-refractivity contribution < 1.29 is 13.5 Å². The first-order valence-corrected chi connectivity index (χ1v) is 9.35. The Balaban J connectivity index is 1.56. The first kappa shape index (κ1) is 20.2. The molecule has 0 fully saturated rings. The number of benzene rings is 1. The second kappa shape index (κ2) is 8.74. The quantitative estimate of drug-likeness (QED) is 0.358. The van der Waals surface area contributed by atoms with Gasteiger partial charge in [0, 0.05) is 60.5 Å². The number of hydrogen-bond donors (Lipinski definition) is 3. The zero-order chi connectivity index (χ0) is 21.8. The summed E-state index contributed by atoms with van der Waals surface area (Å²) in [6.07, 6.45) is 8.76. The van der Waals surface area contributed by atoms with Crippen molar-refractivity contribution in [3.8, 4) is 16.9 Å². The molecule has 31 heavy (non-hydrogen) atoms. The van der Waals surface area contributed by atoms with Gasteiger partial charge in [-0.05, 0) is 23.8 Å². The Morgan fingerprint density at radius 2 is 2.19 bits per heavy atom. The molecule has 3 aromatic heterocycles. The number of H-pyrrole nitrogens is 1. The van der Waals surface area contributed by atoms with Gasteiger partial charge in [0.15, 0.2) is 0 Å². The van der Waals surface area contributed by atoms with E-state index < -0.39 is 6.61 Å². The Kier molecular flexibility index (Phi) is 5.69. The molecule has 0 aliphatic heterocycles. The molecule has 0 bridgehead atoms. The molecule has 8 nitrogen and oxygen atoms in total. The number of aromatic nitrogens is 4. The standard InChI is InChI=1S/C21H19F2N7O/c1-30-12-15(9-28-30)14-6-17-18(10-27-20(17)26-8-14)19(29-24)11-25-7-13-3-2-4-16(5-13)31-21(22)23/h2-6,8-12,21,24-25H,7H2,1H3,(H,26,27)/b19-11-,29-24?. The number of nitrogens with one attached hydrogen (secondary N) is 3. The number of pyridine rings is 1. The highest BCUT2D eigenvalue weighted by atomic mass is 19.3. The zero-order valence-corrected chi connectivity index (χ0v) is 16.5. The predicted molar refractivity (Wildman–Crippen MR) is 111 cm³/mol. The van der Waals surface area contributed by atoms with Gasteiger partial charge >= 0.3 is 6.61 Å². The molecule has 0 saturated carbocycles. The minimum Gasteiger partial charge on any atom is -0.435 e. The van der Waals surface area contributed by atoms with Gasteiger partial charge < -0.3 is 15.0 Å². The molecule has 4 rings (SSSR count). The summed E-state index contributed by atoms with van der Waals surface area (Å²) in [6, 6.07) is 8.39. The molecule has 1 aromatic carbocycles.